The van der Waals surface area contributed by atoms with Crippen molar-refractivity contribution in [2.24, 2.45) is 10.2 Å². The summed E-state index contributed by atoms with van der Waals surface area (Å²) in [6.07, 6.45) is 0. The van der Waals surface area contributed by atoms with E-state index in [1.165, 1.54) is 12.1 Å². The molecule has 0 radical (unpaired) electrons. The zero-order valence-electron chi connectivity index (χ0n) is 16.3. The molecule has 16 heteroatoms. The van der Waals surface area contributed by atoms with Crippen molar-refractivity contribution >= 4 is 60.9 Å². The number of aromatic hydroxyl groups is 2. The molecule has 0 aliphatic heterocycles. The Morgan fingerprint density at radius 3 is 2.06 bits per heavy atom. The van der Waals surface area contributed by atoms with Crippen molar-refractivity contribution in [2.45, 2.75) is 16.7 Å². The van der Waals surface area contributed by atoms with Gasteiger partial charge in [-0.3, -0.25) is 0 Å². The number of hydrogen-bond donors (Lipinski definition) is 6. The minimum atomic E-state index is -5.50. The van der Waals surface area contributed by atoms with Gasteiger partial charge in [-0.1, -0.05) is 0 Å². The van der Waals surface area contributed by atoms with Crippen molar-refractivity contribution in [3.8, 4) is 11.5 Å². The van der Waals surface area contributed by atoms with Crippen LogP contribution in [-0.4, -0.2) is 58.5 Å². The van der Waals surface area contributed by atoms with Gasteiger partial charge in [-0.2, -0.15) is 0 Å². The van der Waals surface area contributed by atoms with Crippen molar-refractivity contribution in [3.05, 3.63) is 42.0 Å². The molecule has 0 saturated heterocycles. The first-order valence-corrected chi connectivity index (χ1v) is 14.8. The summed E-state index contributed by atoms with van der Waals surface area (Å²) >= 11 is -5.50. The number of azo groups is 1. The van der Waals surface area contributed by atoms with Gasteiger partial charge in [0.15, 0.2) is 0 Å². The Hall–Kier alpha value is -2.78. The van der Waals surface area contributed by atoms with Crippen LogP contribution in [0.3, 0.4) is 0 Å². The number of rotatable bonds is 5. The van der Waals surface area contributed by atoms with Crippen LogP contribution in [-0.2, 0) is 24.0 Å². The fraction of sp³-hybridized carbons (Fsp3) is 0.0588. The second kappa shape index (κ2) is 8.21. The molecule has 3 rings (SSSR count). The van der Waals surface area contributed by atoms with Crippen molar-refractivity contribution in [1.82, 2.24) is 0 Å². The zero-order valence-corrected chi connectivity index (χ0v) is 19.9. The molecule has 3 aromatic carbocycles. The van der Waals surface area contributed by atoms with Gasteiger partial charge in [-0.05, 0) is 0 Å². The van der Waals surface area contributed by atoms with Crippen LogP contribution in [0.2, 0.25) is 0 Å². The van der Waals surface area contributed by atoms with Crippen LogP contribution in [0.5, 0.6) is 11.5 Å². The van der Waals surface area contributed by atoms with Gasteiger partial charge in [-0.25, -0.2) is 0 Å². The molecule has 0 aliphatic rings. The minimum absolute atomic E-state index is 0.339. The van der Waals surface area contributed by atoms with Gasteiger partial charge in [0, 0.05) is 0 Å². The summed E-state index contributed by atoms with van der Waals surface area (Å²) in [4.78, 5) is -1.88. The molecule has 0 amide bonds. The summed E-state index contributed by atoms with van der Waals surface area (Å²) in [5.74, 6) is -1.93. The first-order chi connectivity index (χ1) is 15.0. The molecule has 0 unspecified atom stereocenters. The van der Waals surface area contributed by atoms with Crippen LogP contribution in [0, 0.1) is 6.92 Å². The number of phenols is 2. The number of benzene rings is 3. The maximum absolute atomic E-state index is 11.9. The van der Waals surface area contributed by atoms with Gasteiger partial charge in [0.1, 0.15) is 0 Å². The third-order valence-corrected chi connectivity index (χ3v) is 8.19. The third-order valence-electron chi connectivity index (χ3n) is 4.38. The van der Waals surface area contributed by atoms with E-state index in [1.54, 1.807) is 6.92 Å². The number of nitrogens with zero attached hydrogens (tertiary/aromatic N) is 2. The summed E-state index contributed by atoms with van der Waals surface area (Å²) in [5.41, 5.74) is -0.718. The van der Waals surface area contributed by atoms with Gasteiger partial charge in [0.05, 0.1) is 0 Å². The molecule has 0 saturated carbocycles. The molecule has 0 spiro atoms. The van der Waals surface area contributed by atoms with Gasteiger partial charge in [0.2, 0.25) is 0 Å². The Morgan fingerprint density at radius 2 is 1.52 bits per heavy atom. The zero-order chi connectivity index (χ0) is 24.9. The standard InChI is InChI=1S/C17H15AsN2O11S2/c1-8-2-3-11(18(23,24)25)12(4-8)19-20-16-14(33(29,30)31)6-9-5-10(32(26,27)28)7-13(21)15(9)17(16)22/h2-7,21-22H,1H3,(H2,23,24,25)(H,26,27,28)(H,29,30,31). The van der Waals surface area contributed by atoms with Crippen LogP contribution >= 0.6 is 0 Å². The second-order valence-corrected chi connectivity index (χ2v) is 12.9. The summed E-state index contributed by atoms with van der Waals surface area (Å²) in [6, 6.07) is 5.72. The van der Waals surface area contributed by atoms with Gasteiger partial charge in [-0.15, -0.1) is 0 Å². The first kappa shape index (κ1) is 24.9. The molecule has 176 valence electrons. The van der Waals surface area contributed by atoms with E-state index in [4.69, 9.17) is 0 Å². The van der Waals surface area contributed by atoms with E-state index in [-0.39, 0.29) is 5.69 Å². The third kappa shape index (κ3) is 5.09. The quantitative estimate of drug-likeness (QED) is 0.146. The van der Waals surface area contributed by atoms with E-state index < -0.39 is 76.5 Å². The molecule has 13 nitrogen and oxygen atoms in total. The van der Waals surface area contributed by atoms with Crippen LogP contribution in [0.25, 0.3) is 10.8 Å². The maximum atomic E-state index is 11.9. The van der Waals surface area contributed by atoms with E-state index in [2.05, 4.69) is 10.2 Å². The van der Waals surface area contributed by atoms with Crippen LogP contribution < -0.4 is 4.35 Å². The molecule has 6 N–H and O–H groups in total. The second-order valence-electron chi connectivity index (χ2n) is 6.80. The van der Waals surface area contributed by atoms with Crippen LogP contribution in [0.15, 0.2) is 56.4 Å². The molecular formula is C17H15AsN2O11S2. The predicted molar refractivity (Wildman–Crippen MR) is 113 cm³/mol. The Kier molecular flexibility index (Phi) is 6.19. The topological polar surface area (TPSA) is 231 Å². The molecule has 33 heavy (non-hydrogen) atoms. The van der Waals surface area contributed by atoms with Crippen molar-refractivity contribution in [3.63, 3.8) is 0 Å². The van der Waals surface area contributed by atoms with E-state index in [0.29, 0.717) is 17.7 Å². The first-order valence-electron chi connectivity index (χ1n) is 8.56. The Morgan fingerprint density at radius 1 is 0.879 bits per heavy atom. The monoisotopic (exact) mass is 562 g/mol. The normalized spacial score (nSPS) is 13.1. The van der Waals surface area contributed by atoms with Gasteiger partial charge < -0.3 is 0 Å². The summed E-state index contributed by atoms with van der Waals surface area (Å²) in [5, 5.41) is 27.0. The van der Waals surface area contributed by atoms with E-state index in [0.717, 1.165) is 12.1 Å². The fourth-order valence-corrected chi connectivity index (χ4v) is 5.56. The molecule has 0 fully saturated rings. The molecule has 3 aromatic rings. The average Bonchev–Trinajstić information content (AvgIpc) is 2.64. The Balaban J connectivity index is 2.37. The summed E-state index contributed by atoms with van der Waals surface area (Å²) in [6.45, 7) is 1.58. The average molecular weight is 562 g/mol. The molecule has 0 aromatic heterocycles. The van der Waals surface area contributed by atoms with Gasteiger partial charge >= 0.3 is 189 Å². The van der Waals surface area contributed by atoms with Crippen LogP contribution in [0.1, 0.15) is 5.56 Å². The fourth-order valence-electron chi connectivity index (χ4n) is 2.94. The number of aryl methyl sites for hydroxylation is 1. The molecule has 0 atom stereocenters. The van der Waals surface area contributed by atoms with Crippen LogP contribution in [0.4, 0.5) is 11.4 Å². The summed E-state index contributed by atoms with van der Waals surface area (Å²) in [7, 11) is -9.94. The van der Waals surface area contributed by atoms with Crippen molar-refractivity contribution in [2.75, 3.05) is 0 Å². The van der Waals surface area contributed by atoms with E-state index in [9.17, 15) is 48.1 Å². The molecular weight excluding hydrogens is 547 g/mol. The Bertz CT molecular complexity index is 1590. The number of phenolic OH excluding ortho intramolecular Hbond substituents is 2. The molecule has 0 bridgehead atoms. The Labute approximate surface area is 189 Å². The summed E-state index contributed by atoms with van der Waals surface area (Å²) < 4.78 is 95.7. The SMILES string of the molecule is Cc1ccc([As](=O)(O)O)c(N=Nc2c(S(=O)(=O)O)cc3cc(S(=O)(=O)O)cc(O)c3c2O)c1. The van der Waals surface area contributed by atoms with E-state index >= 15 is 0 Å². The molecule has 0 aliphatic carbocycles. The van der Waals surface area contributed by atoms with Gasteiger partial charge in [0.25, 0.3) is 0 Å². The number of hydrogen-bond acceptors (Lipinski definition) is 9. The molecule has 0 heterocycles. The van der Waals surface area contributed by atoms with Crippen molar-refractivity contribution < 1.29 is 48.1 Å². The van der Waals surface area contributed by atoms with Crippen molar-refractivity contribution in [1.29, 1.82) is 0 Å². The van der Waals surface area contributed by atoms with E-state index in [1.807, 2.05) is 0 Å². The predicted octanol–water partition coefficient (Wildman–Crippen LogP) is 1.03. The number of fused-ring (bicyclic) bond motifs is 1.